The van der Waals surface area contributed by atoms with Gasteiger partial charge in [-0.3, -0.25) is 0 Å². The minimum Gasteiger partial charge on any atom is -0.494 e. The molecule has 0 saturated heterocycles. The van der Waals surface area contributed by atoms with Crippen molar-refractivity contribution in [3.05, 3.63) is 24.0 Å². The quantitative estimate of drug-likeness (QED) is 0.680. The number of hydrogen-bond donors (Lipinski definition) is 0. The minimum absolute atomic E-state index is 0.215. The average molecular weight is 214 g/mol. The van der Waals surface area contributed by atoms with Crippen molar-refractivity contribution >= 4 is 0 Å². The van der Waals surface area contributed by atoms with E-state index in [1.807, 2.05) is 6.92 Å². The lowest BCUT2D eigenvalue weighted by Crippen LogP contribution is -2.06. The zero-order chi connectivity index (χ0) is 11.1. The maximum Gasteiger partial charge on any atom is 0.168 e. The summed E-state index contributed by atoms with van der Waals surface area (Å²) in [5.74, 6) is 0.270. The largest absolute Gasteiger partial charge is 0.494 e. The summed E-state index contributed by atoms with van der Waals surface area (Å²) in [5, 5.41) is 0. The van der Waals surface area contributed by atoms with Gasteiger partial charge in [0.1, 0.15) is 12.4 Å². The standard InChI is InChI=1S/C11H15FO3/c1-3-14-6-7-15-9-4-5-11(13-2)10(12)8-9/h4-5,8H,3,6-7H2,1-2H3. The van der Waals surface area contributed by atoms with Crippen molar-refractivity contribution in [1.82, 2.24) is 0 Å². The summed E-state index contributed by atoms with van der Waals surface area (Å²) in [6.45, 7) is 3.48. The van der Waals surface area contributed by atoms with Gasteiger partial charge in [-0.2, -0.15) is 0 Å². The van der Waals surface area contributed by atoms with Crippen LogP contribution in [0.25, 0.3) is 0 Å². The Labute approximate surface area is 88.8 Å². The Morgan fingerprint density at radius 3 is 2.67 bits per heavy atom. The summed E-state index contributed by atoms with van der Waals surface area (Å²) in [4.78, 5) is 0. The maximum atomic E-state index is 13.2. The molecule has 84 valence electrons. The summed E-state index contributed by atoms with van der Waals surface area (Å²) in [7, 11) is 1.42. The number of hydrogen-bond acceptors (Lipinski definition) is 3. The van der Waals surface area contributed by atoms with Crippen LogP contribution in [0.1, 0.15) is 6.92 Å². The molecule has 0 atom stereocenters. The molecule has 0 saturated carbocycles. The van der Waals surface area contributed by atoms with E-state index in [0.717, 1.165) is 0 Å². The van der Waals surface area contributed by atoms with Crippen LogP contribution in [0.2, 0.25) is 0 Å². The molecule has 3 nitrogen and oxygen atoms in total. The lowest BCUT2D eigenvalue weighted by atomic mass is 10.3. The predicted octanol–water partition coefficient (Wildman–Crippen LogP) is 2.25. The highest BCUT2D eigenvalue weighted by atomic mass is 19.1. The second-order valence-corrected chi connectivity index (χ2v) is 2.84. The van der Waals surface area contributed by atoms with Crippen LogP contribution < -0.4 is 9.47 Å². The van der Waals surface area contributed by atoms with Gasteiger partial charge in [0.2, 0.25) is 0 Å². The van der Waals surface area contributed by atoms with Gasteiger partial charge in [0.15, 0.2) is 11.6 Å². The summed E-state index contributed by atoms with van der Waals surface area (Å²) in [5.41, 5.74) is 0. The van der Waals surface area contributed by atoms with Crippen LogP contribution in [-0.4, -0.2) is 26.9 Å². The van der Waals surface area contributed by atoms with E-state index in [4.69, 9.17) is 14.2 Å². The Bertz CT molecular complexity index is 302. The fraction of sp³-hybridized carbons (Fsp3) is 0.455. The second-order valence-electron chi connectivity index (χ2n) is 2.84. The van der Waals surface area contributed by atoms with Crippen LogP contribution in [0.15, 0.2) is 18.2 Å². The van der Waals surface area contributed by atoms with E-state index in [1.54, 1.807) is 6.07 Å². The van der Waals surface area contributed by atoms with Crippen LogP contribution >= 0.6 is 0 Å². The van der Waals surface area contributed by atoms with E-state index in [9.17, 15) is 4.39 Å². The van der Waals surface area contributed by atoms with Gasteiger partial charge in [0.25, 0.3) is 0 Å². The highest BCUT2D eigenvalue weighted by Gasteiger charge is 2.03. The highest BCUT2D eigenvalue weighted by molar-refractivity contribution is 5.32. The normalized spacial score (nSPS) is 10.1. The van der Waals surface area contributed by atoms with Crippen molar-refractivity contribution in [3.63, 3.8) is 0 Å². The molecule has 0 unspecified atom stereocenters. The zero-order valence-corrected chi connectivity index (χ0v) is 8.96. The molecule has 0 amide bonds. The SMILES string of the molecule is CCOCCOc1ccc(OC)c(F)c1. The molecular weight excluding hydrogens is 199 g/mol. The van der Waals surface area contributed by atoms with E-state index in [1.165, 1.54) is 19.2 Å². The molecule has 0 N–H and O–H groups in total. The fourth-order valence-corrected chi connectivity index (χ4v) is 1.10. The van der Waals surface area contributed by atoms with Gasteiger partial charge in [0, 0.05) is 12.7 Å². The third-order valence-corrected chi connectivity index (χ3v) is 1.82. The summed E-state index contributed by atoms with van der Waals surface area (Å²) in [6, 6.07) is 4.49. The number of methoxy groups -OCH3 is 1. The van der Waals surface area contributed by atoms with Crippen LogP contribution in [0.3, 0.4) is 0 Å². The Morgan fingerprint density at radius 1 is 1.27 bits per heavy atom. The lowest BCUT2D eigenvalue weighted by Gasteiger charge is -2.07. The van der Waals surface area contributed by atoms with E-state index >= 15 is 0 Å². The smallest absolute Gasteiger partial charge is 0.168 e. The van der Waals surface area contributed by atoms with Crippen molar-refractivity contribution < 1.29 is 18.6 Å². The molecule has 1 aromatic carbocycles. The Balaban J connectivity index is 2.45. The van der Waals surface area contributed by atoms with E-state index in [-0.39, 0.29) is 5.75 Å². The molecule has 1 rings (SSSR count). The first-order valence-corrected chi connectivity index (χ1v) is 4.82. The summed E-state index contributed by atoms with van der Waals surface area (Å²) < 4.78 is 28.3. The van der Waals surface area contributed by atoms with E-state index in [2.05, 4.69) is 0 Å². The van der Waals surface area contributed by atoms with Crippen molar-refractivity contribution in [1.29, 1.82) is 0 Å². The molecule has 0 aliphatic rings. The molecule has 0 aliphatic carbocycles. The Hall–Kier alpha value is -1.29. The van der Waals surface area contributed by atoms with Gasteiger partial charge in [-0.1, -0.05) is 0 Å². The Morgan fingerprint density at radius 2 is 2.07 bits per heavy atom. The van der Waals surface area contributed by atoms with Crippen molar-refractivity contribution in [2.24, 2.45) is 0 Å². The first-order valence-electron chi connectivity index (χ1n) is 4.82. The third-order valence-electron chi connectivity index (χ3n) is 1.82. The van der Waals surface area contributed by atoms with Gasteiger partial charge >= 0.3 is 0 Å². The number of benzene rings is 1. The number of rotatable bonds is 6. The highest BCUT2D eigenvalue weighted by Crippen LogP contribution is 2.21. The number of ether oxygens (including phenoxy) is 3. The van der Waals surface area contributed by atoms with Crippen molar-refractivity contribution in [3.8, 4) is 11.5 Å². The summed E-state index contributed by atoms with van der Waals surface area (Å²) >= 11 is 0. The van der Waals surface area contributed by atoms with E-state index < -0.39 is 5.82 Å². The van der Waals surface area contributed by atoms with Crippen LogP contribution in [0.5, 0.6) is 11.5 Å². The maximum absolute atomic E-state index is 13.2. The molecule has 15 heavy (non-hydrogen) atoms. The molecule has 0 bridgehead atoms. The molecule has 0 aromatic heterocycles. The monoisotopic (exact) mass is 214 g/mol. The van der Waals surface area contributed by atoms with Gasteiger partial charge in [0.05, 0.1) is 13.7 Å². The van der Waals surface area contributed by atoms with Gasteiger partial charge in [-0.25, -0.2) is 4.39 Å². The molecule has 0 spiro atoms. The predicted molar refractivity (Wildman–Crippen MR) is 54.9 cm³/mol. The van der Waals surface area contributed by atoms with Gasteiger partial charge < -0.3 is 14.2 Å². The molecule has 0 fully saturated rings. The molecule has 0 radical (unpaired) electrons. The number of halogens is 1. The van der Waals surface area contributed by atoms with E-state index in [0.29, 0.717) is 25.6 Å². The molecule has 1 aromatic rings. The lowest BCUT2D eigenvalue weighted by molar-refractivity contribution is 0.110. The molecule has 0 aliphatic heterocycles. The van der Waals surface area contributed by atoms with Crippen molar-refractivity contribution in [2.75, 3.05) is 26.9 Å². The van der Waals surface area contributed by atoms with Crippen LogP contribution in [-0.2, 0) is 4.74 Å². The molecule has 0 heterocycles. The van der Waals surface area contributed by atoms with Crippen LogP contribution in [0.4, 0.5) is 4.39 Å². The Kier molecular flexibility index (Phi) is 4.90. The minimum atomic E-state index is -0.425. The molecule has 4 heteroatoms. The summed E-state index contributed by atoms with van der Waals surface area (Å²) in [6.07, 6.45) is 0. The first kappa shape index (κ1) is 11.8. The van der Waals surface area contributed by atoms with Crippen molar-refractivity contribution in [2.45, 2.75) is 6.92 Å². The van der Waals surface area contributed by atoms with Crippen LogP contribution in [0, 0.1) is 5.82 Å². The third kappa shape index (κ3) is 3.75. The van der Waals surface area contributed by atoms with Gasteiger partial charge in [-0.05, 0) is 19.1 Å². The topological polar surface area (TPSA) is 27.7 Å². The first-order chi connectivity index (χ1) is 7.27. The average Bonchev–Trinajstić information content (AvgIpc) is 2.25. The van der Waals surface area contributed by atoms with Gasteiger partial charge in [-0.15, -0.1) is 0 Å². The molecular formula is C11H15FO3. The fourth-order valence-electron chi connectivity index (χ4n) is 1.10. The second kappa shape index (κ2) is 6.24. The zero-order valence-electron chi connectivity index (χ0n) is 8.96.